The second-order valence-electron chi connectivity index (χ2n) is 13.3. The van der Waals surface area contributed by atoms with Crippen LogP contribution in [0.5, 0.6) is 11.5 Å². The summed E-state index contributed by atoms with van der Waals surface area (Å²) in [5.41, 5.74) is 1.62. The normalized spacial score (nSPS) is 13.5. The molecule has 0 fully saturated rings. The molecule has 0 saturated carbocycles. The van der Waals surface area contributed by atoms with Crippen molar-refractivity contribution in [1.82, 2.24) is 15.3 Å². The molecule has 10 nitrogen and oxygen atoms in total. The minimum atomic E-state index is -1.57. The van der Waals surface area contributed by atoms with Crippen LogP contribution in [-0.2, 0) is 24.2 Å². The highest BCUT2D eigenvalue weighted by Gasteiger charge is 2.40. The van der Waals surface area contributed by atoms with E-state index in [1.165, 1.54) is 0 Å². The van der Waals surface area contributed by atoms with Crippen LogP contribution in [0.15, 0.2) is 78.9 Å². The van der Waals surface area contributed by atoms with Crippen molar-refractivity contribution in [3.63, 3.8) is 0 Å². The van der Waals surface area contributed by atoms with Gasteiger partial charge in [0, 0.05) is 18.5 Å². The minimum absolute atomic E-state index is 0.0629. The highest BCUT2D eigenvalue weighted by molar-refractivity contribution is 7.44. The summed E-state index contributed by atoms with van der Waals surface area (Å²) in [5.74, 6) is 1.39. The first-order valence-electron chi connectivity index (χ1n) is 18.3. The van der Waals surface area contributed by atoms with E-state index < -0.39 is 26.3 Å². The highest BCUT2D eigenvalue weighted by atomic mass is 31.2. The van der Waals surface area contributed by atoms with Crippen LogP contribution in [0.4, 0.5) is 0 Å². The molecule has 3 aromatic carbocycles. The van der Waals surface area contributed by atoms with E-state index in [0.717, 1.165) is 54.0 Å². The average molecular weight is 735 g/mol. The van der Waals surface area contributed by atoms with E-state index in [9.17, 15) is 10.1 Å². The molecule has 3 rings (SSSR count). The quantitative estimate of drug-likeness (QED) is 0.0538. The Morgan fingerprint density at radius 3 is 1.88 bits per heavy atom. The summed E-state index contributed by atoms with van der Waals surface area (Å²) in [6.07, 6.45) is 2.86. The van der Waals surface area contributed by atoms with Crippen molar-refractivity contribution in [2.45, 2.75) is 96.6 Å². The van der Waals surface area contributed by atoms with Crippen LogP contribution in [0.25, 0.3) is 0 Å². The largest absolute Gasteiger partial charge is 0.497 e. The molecule has 0 saturated heterocycles. The van der Waals surface area contributed by atoms with E-state index >= 15 is 0 Å². The molecule has 3 unspecified atom stereocenters. The molecule has 0 aliphatic rings. The van der Waals surface area contributed by atoms with Crippen molar-refractivity contribution < 1.29 is 28.1 Å². The van der Waals surface area contributed by atoms with Gasteiger partial charge in [0.2, 0.25) is 5.91 Å². The van der Waals surface area contributed by atoms with E-state index in [2.05, 4.69) is 61.2 Å². The number of carbonyl (C=O) groups excluding carboxylic acids is 1. The first-order valence-corrected chi connectivity index (χ1v) is 19.4. The topological polar surface area (TPSA) is 114 Å². The van der Waals surface area contributed by atoms with Gasteiger partial charge in [0.1, 0.15) is 17.1 Å². The number of amides is 1. The number of unbranched alkanes of at least 4 members (excludes halogenated alkanes) is 2. The maximum Gasteiger partial charge on any atom is 0.259 e. The zero-order valence-corrected chi connectivity index (χ0v) is 33.2. The molecule has 3 atom stereocenters. The molecule has 0 heterocycles. The van der Waals surface area contributed by atoms with Gasteiger partial charge >= 0.3 is 0 Å². The van der Waals surface area contributed by atoms with Crippen molar-refractivity contribution >= 4 is 14.4 Å². The third kappa shape index (κ3) is 12.3. The molecule has 0 spiro atoms. The molecule has 52 heavy (non-hydrogen) atoms. The van der Waals surface area contributed by atoms with Gasteiger partial charge in [-0.2, -0.15) is 5.26 Å². The van der Waals surface area contributed by atoms with Gasteiger partial charge in [-0.3, -0.25) is 4.79 Å². The van der Waals surface area contributed by atoms with E-state index in [1.54, 1.807) is 14.2 Å². The Labute approximate surface area is 313 Å². The highest BCUT2D eigenvalue weighted by Crippen LogP contribution is 2.48. The Kier molecular flexibility index (Phi) is 18.5. The lowest BCUT2D eigenvalue weighted by Gasteiger charge is -2.40. The van der Waals surface area contributed by atoms with Crippen molar-refractivity contribution in [1.29, 1.82) is 5.26 Å². The monoisotopic (exact) mass is 734 g/mol. The SMILES string of the molecule is CNCCCCCC(=O)NC(COC(c1ccccc1)(c1ccc(OC)cc1)c1ccc(OC)cc1)C(C)OP(OCCC#N)N(C(C)C)C(C)C. The third-order valence-corrected chi connectivity index (χ3v) is 11.0. The van der Waals surface area contributed by atoms with Gasteiger partial charge in [0.25, 0.3) is 8.53 Å². The lowest BCUT2D eigenvalue weighted by molar-refractivity contribution is -0.124. The Bertz CT molecular complexity index is 1430. The van der Waals surface area contributed by atoms with Crippen LogP contribution in [0, 0.1) is 11.3 Å². The van der Waals surface area contributed by atoms with Crippen molar-refractivity contribution in [2.24, 2.45) is 0 Å². The first-order chi connectivity index (χ1) is 25.1. The second-order valence-corrected chi connectivity index (χ2v) is 14.7. The lowest BCUT2D eigenvalue weighted by Crippen LogP contribution is -2.49. The number of methoxy groups -OCH3 is 2. The standard InChI is InChI=1S/C41H59N4O6P/c1-31(2)45(32(3)4)52(50-29-15-27-42)51-33(5)39(44-40(46)18-13-10-14-28-43-6)30-49-41(34-16-11-9-12-17-34,35-19-23-37(47-7)24-20-35)36-21-25-38(48-8)26-22-36/h9,11-12,16-17,19-26,31-33,39,43H,10,13-15,18,28-30H2,1-8H3,(H,44,46). The predicted octanol–water partition coefficient (Wildman–Crippen LogP) is 7.96. The molecule has 2 N–H and O–H groups in total. The van der Waals surface area contributed by atoms with Gasteiger partial charge in [0.05, 0.1) is 52.1 Å². The van der Waals surface area contributed by atoms with Crippen LogP contribution in [-0.4, -0.2) is 75.8 Å². The minimum Gasteiger partial charge on any atom is -0.497 e. The third-order valence-electron chi connectivity index (χ3n) is 8.82. The molecular weight excluding hydrogens is 675 g/mol. The van der Waals surface area contributed by atoms with Gasteiger partial charge in [0.15, 0.2) is 0 Å². The van der Waals surface area contributed by atoms with Crippen LogP contribution in [0.3, 0.4) is 0 Å². The van der Waals surface area contributed by atoms with E-state index in [1.807, 2.05) is 80.7 Å². The number of nitriles is 1. The smallest absolute Gasteiger partial charge is 0.259 e. The predicted molar refractivity (Wildman–Crippen MR) is 208 cm³/mol. The number of nitrogens with one attached hydrogen (secondary N) is 2. The molecule has 11 heteroatoms. The molecule has 0 aliphatic carbocycles. The molecular formula is C41H59N4O6P. The van der Waals surface area contributed by atoms with E-state index in [4.69, 9.17) is 23.3 Å². The van der Waals surface area contributed by atoms with Gasteiger partial charge in [-0.05, 0) is 102 Å². The number of benzene rings is 3. The van der Waals surface area contributed by atoms with E-state index in [0.29, 0.717) is 6.42 Å². The van der Waals surface area contributed by atoms with Gasteiger partial charge in [-0.1, -0.05) is 61.0 Å². The molecule has 1 amide bonds. The molecule has 0 bridgehead atoms. The van der Waals surface area contributed by atoms with Gasteiger partial charge < -0.3 is 33.9 Å². The number of hydrogen-bond donors (Lipinski definition) is 2. The summed E-state index contributed by atoms with van der Waals surface area (Å²) in [5, 5.41) is 15.7. The molecule has 284 valence electrons. The Morgan fingerprint density at radius 1 is 0.827 bits per heavy atom. The van der Waals surface area contributed by atoms with Crippen molar-refractivity contribution in [3.05, 3.63) is 95.6 Å². The van der Waals surface area contributed by atoms with Crippen LogP contribution in [0.1, 0.15) is 83.4 Å². The van der Waals surface area contributed by atoms with Crippen LogP contribution < -0.4 is 20.1 Å². The Morgan fingerprint density at radius 2 is 1.38 bits per heavy atom. The Balaban J connectivity index is 2.09. The number of nitrogens with zero attached hydrogens (tertiary/aromatic N) is 2. The maximum atomic E-state index is 13.6. The summed E-state index contributed by atoms with van der Waals surface area (Å²) in [6, 6.07) is 27.7. The number of carbonyl (C=O) groups is 1. The number of rotatable bonds is 24. The Hall–Kier alpha value is -3.55. The van der Waals surface area contributed by atoms with Crippen LogP contribution in [0.2, 0.25) is 0 Å². The molecule has 0 aromatic heterocycles. The lowest BCUT2D eigenvalue weighted by atomic mass is 9.80. The zero-order valence-electron chi connectivity index (χ0n) is 32.3. The fourth-order valence-corrected chi connectivity index (χ4v) is 7.87. The van der Waals surface area contributed by atoms with Gasteiger partial charge in [-0.15, -0.1) is 0 Å². The second kappa shape index (κ2) is 22.5. The number of hydrogen-bond acceptors (Lipinski definition) is 9. The molecule has 0 aliphatic heterocycles. The van der Waals surface area contributed by atoms with Gasteiger partial charge in [-0.25, -0.2) is 4.67 Å². The molecule has 0 radical (unpaired) electrons. The fourth-order valence-electron chi connectivity index (χ4n) is 6.14. The average Bonchev–Trinajstić information content (AvgIpc) is 3.15. The zero-order chi connectivity index (χ0) is 37.9. The van der Waals surface area contributed by atoms with Crippen LogP contribution >= 0.6 is 8.53 Å². The molecule has 3 aromatic rings. The summed E-state index contributed by atoms with van der Waals surface area (Å²) in [6.45, 7) is 11.6. The summed E-state index contributed by atoms with van der Waals surface area (Å²) >= 11 is 0. The van der Waals surface area contributed by atoms with Crippen molar-refractivity contribution in [2.75, 3.05) is 41.0 Å². The fraction of sp³-hybridized carbons (Fsp3) is 0.512. The number of ether oxygens (including phenoxy) is 3. The van der Waals surface area contributed by atoms with Crippen molar-refractivity contribution in [3.8, 4) is 17.6 Å². The van der Waals surface area contributed by atoms with E-state index in [-0.39, 0.29) is 37.6 Å². The first kappa shape index (κ1) is 42.9. The summed E-state index contributed by atoms with van der Waals surface area (Å²) in [4.78, 5) is 13.6. The summed E-state index contributed by atoms with van der Waals surface area (Å²) < 4.78 is 33.5. The maximum absolute atomic E-state index is 13.6. The summed E-state index contributed by atoms with van der Waals surface area (Å²) in [7, 11) is 3.66.